The van der Waals surface area contributed by atoms with Crippen molar-refractivity contribution in [2.24, 2.45) is 0 Å². The second-order valence-electron chi connectivity index (χ2n) is 8.88. The molecular formula is C25H31N3O4. The molecule has 2 aliphatic heterocycles. The number of ether oxygens (including phenoxy) is 1. The Kier molecular flexibility index (Phi) is 6.37. The van der Waals surface area contributed by atoms with Crippen LogP contribution >= 0.6 is 0 Å². The summed E-state index contributed by atoms with van der Waals surface area (Å²) in [5, 5.41) is 13.3. The van der Waals surface area contributed by atoms with Crippen LogP contribution in [0.25, 0.3) is 0 Å². The van der Waals surface area contributed by atoms with Crippen LogP contribution in [0, 0.1) is 6.92 Å². The van der Waals surface area contributed by atoms with E-state index >= 15 is 0 Å². The van der Waals surface area contributed by atoms with E-state index in [1.54, 1.807) is 21.9 Å². The van der Waals surface area contributed by atoms with E-state index in [0.717, 1.165) is 11.3 Å². The predicted octanol–water partition coefficient (Wildman–Crippen LogP) is 3.30. The van der Waals surface area contributed by atoms with Gasteiger partial charge in [0.1, 0.15) is 11.9 Å². The lowest BCUT2D eigenvalue weighted by molar-refractivity contribution is -0.0192. The number of piperidine rings is 1. The maximum atomic E-state index is 13.3. The second kappa shape index (κ2) is 9.20. The van der Waals surface area contributed by atoms with Crippen molar-refractivity contribution in [3.8, 4) is 5.75 Å². The van der Waals surface area contributed by atoms with E-state index in [4.69, 9.17) is 4.74 Å². The summed E-state index contributed by atoms with van der Waals surface area (Å²) in [6, 6.07) is 13.2. The summed E-state index contributed by atoms with van der Waals surface area (Å²) in [6.07, 6.45) is -0.680. The standard InChI is InChI=1S/C25H31N3O4/c1-16(2)18-5-4-6-20(13-18)32-23-15-27(11-9-22(23)29)24(30)19-8-7-17(3)21(14-19)28-12-10-26-25(28)31/h4-8,13-14,16,22-23,29H,9-12,15H2,1-3H3,(H,26,31)/t22-,23-/m1/s1. The highest BCUT2D eigenvalue weighted by molar-refractivity contribution is 5.99. The summed E-state index contributed by atoms with van der Waals surface area (Å²) in [4.78, 5) is 28.8. The van der Waals surface area contributed by atoms with Crippen LogP contribution < -0.4 is 15.0 Å². The highest BCUT2D eigenvalue weighted by Crippen LogP contribution is 2.27. The number of hydrogen-bond acceptors (Lipinski definition) is 4. The molecular weight excluding hydrogens is 406 g/mol. The van der Waals surface area contributed by atoms with Gasteiger partial charge in [0.2, 0.25) is 0 Å². The fraction of sp³-hybridized carbons (Fsp3) is 0.440. The van der Waals surface area contributed by atoms with Crippen molar-refractivity contribution in [1.82, 2.24) is 10.2 Å². The van der Waals surface area contributed by atoms with Gasteiger partial charge in [0.05, 0.1) is 12.6 Å². The van der Waals surface area contributed by atoms with E-state index in [2.05, 4.69) is 25.2 Å². The number of carbonyl (C=O) groups is 2. The van der Waals surface area contributed by atoms with E-state index in [1.165, 1.54) is 5.56 Å². The first-order valence-electron chi connectivity index (χ1n) is 11.2. The molecule has 2 N–H and O–H groups in total. The number of nitrogens with zero attached hydrogens (tertiary/aromatic N) is 2. The minimum atomic E-state index is -0.636. The lowest BCUT2D eigenvalue weighted by atomic mass is 10.0. The Morgan fingerprint density at radius 2 is 2.00 bits per heavy atom. The van der Waals surface area contributed by atoms with Crippen LogP contribution in [0.15, 0.2) is 42.5 Å². The Hall–Kier alpha value is -3.06. The van der Waals surface area contributed by atoms with E-state index < -0.39 is 12.2 Å². The number of amides is 3. The third-order valence-corrected chi connectivity index (χ3v) is 6.23. The fourth-order valence-electron chi connectivity index (χ4n) is 4.24. The van der Waals surface area contributed by atoms with E-state index in [9.17, 15) is 14.7 Å². The minimum absolute atomic E-state index is 0.123. The summed E-state index contributed by atoms with van der Waals surface area (Å²) in [5.74, 6) is 0.954. The number of hydrogen-bond donors (Lipinski definition) is 2. The van der Waals surface area contributed by atoms with Crippen molar-refractivity contribution in [1.29, 1.82) is 0 Å². The quantitative estimate of drug-likeness (QED) is 0.752. The Labute approximate surface area is 189 Å². The molecule has 2 heterocycles. The zero-order valence-corrected chi connectivity index (χ0v) is 18.9. The van der Waals surface area contributed by atoms with Gasteiger partial charge in [0.15, 0.2) is 0 Å². The second-order valence-corrected chi connectivity index (χ2v) is 8.88. The van der Waals surface area contributed by atoms with Crippen LogP contribution in [0.4, 0.5) is 10.5 Å². The molecule has 3 amide bonds. The topological polar surface area (TPSA) is 82.1 Å². The monoisotopic (exact) mass is 437 g/mol. The van der Waals surface area contributed by atoms with Crippen LogP contribution in [-0.2, 0) is 0 Å². The van der Waals surface area contributed by atoms with Gasteiger partial charge in [-0.25, -0.2) is 4.79 Å². The molecule has 0 radical (unpaired) electrons. The van der Waals surface area contributed by atoms with Crippen LogP contribution in [0.1, 0.15) is 47.7 Å². The molecule has 2 aliphatic rings. The van der Waals surface area contributed by atoms with Crippen molar-refractivity contribution in [3.63, 3.8) is 0 Å². The summed E-state index contributed by atoms with van der Waals surface area (Å²) in [6.45, 7) is 8.11. The molecule has 7 nitrogen and oxygen atoms in total. The highest BCUT2D eigenvalue weighted by Gasteiger charge is 2.33. The number of anilines is 1. The number of urea groups is 1. The van der Waals surface area contributed by atoms with Gasteiger partial charge in [-0.2, -0.15) is 0 Å². The maximum Gasteiger partial charge on any atom is 0.322 e. The fourth-order valence-corrected chi connectivity index (χ4v) is 4.24. The maximum absolute atomic E-state index is 13.3. The number of benzene rings is 2. The Balaban J connectivity index is 1.50. The Bertz CT molecular complexity index is 1010. The number of aryl methyl sites for hydroxylation is 1. The van der Waals surface area contributed by atoms with Crippen LogP contribution in [0.3, 0.4) is 0 Å². The zero-order chi connectivity index (χ0) is 22.8. The third kappa shape index (κ3) is 4.58. The molecule has 170 valence electrons. The number of nitrogens with one attached hydrogen (secondary N) is 1. The molecule has 0 aromatic heterocycles. The SMILES string of the molecule is Cc1ccc(C(=O)N2CC[C@@H](O)[C@H](Oc3cccc(C(C)C)c3)C2)cc1N1CCNC1=O. The highest BCUT2D eigenvalue weighted by atomic mass is 16.5. The molecule has 2 aromatic rings. The molecule has 2 fully saturated rings. The van der Waals surface area contributed by atoms with Crippen molar-refractivity contribution in [3.05, 3.63) is 59.2 Å². The van der Waals surface area contributed by atoms with Crippen LogP contribution in [0.2, 0.25) is 0 Å². The summed E-state index contributed by atoms with van der Waals surface area (Å²) in [7, 11) is 0. The molecule has 0 saturated carbocycles. The van der Waals surface area contributed by atoms with Crippen molar-refractivity contribution < 1.29 is 19.4 Å². The normalized spacial score (nSPS) is 21.1. The van der Waals surface area contributed by atoms with Gasteiger partial charge in [0.25, 0.3) is 5.91 Å². The van der Waals surface area contributed by atoms with Gasteiger partial charge in [-0.1, -0.05) is 32.0 Å². The Morgan fingerprint density at radius 3 is 2.72 bits per heavy atom. The molecule has 0 spiro atoms. The first kappa shape index (κ1) is 22.1. The first-order valence-corrected chi connectivity index (χ1v) is 11.2. The zero-order valence-electron chi connectivity index (χ0n) is 18.9. The molecule has 0 bridgehead atoms. The third-order valence-electron chi connectivity index (χ3n) is 6.23. The van der Waals surface area contributed by atoms with Gasteiger partial charge < -0.3 is 20.1 Å². The minimum Gasteiger partial charge on any atom is -0.486 e. The van der Waals surface area contributed by atoms with Gasteiger partial charge in [0, 0.05) is 30.9 Å². The van der Waals surface area contributed by atoms with Crippen LogP contribution in [0.5, 0.6) is 5.75 Å². The molecule has 32 heavy (non-hydrogen) atoms. The molecule has 2 saturated heterocycles. The number of carbonyl (C=O) groups excluding carboxylic acids is 2. The van der Waals surface area contributed by atoms with Crippen LogP contribution in [-0.4, -0.2) is 60.3 Å². The lowest BCUT2D eigenvalue weighted by Gasteiger charge is -2.36. The molecule has 0 unspecified atom stereocenters. The average Bonchev–Trinajstić information content (AvgIpc) is 3.21. The molecule has 0 aliphatic carbocycles. The largest absolute Gasteiger partial charge is 0.486 e. The number of likely N-dealkylation sites (tertiary alicyclic amines) is 1. The smallest absolute Gasteiger partial charge is 0.322 e. The predicted molar refractivity (Wildman–Crippen MR) is 123 cm³/mol. The van der Waals surface area contributed by atoms with E-state index in [-0.39, 0.29) is 11.9 Å². The van der Waals surface area contributed by atoms with Gasteiger partial charge in [-0.15, -0.1) is 0 Å². The van der Waals surface area contributed by atoms with Gasteiger partial charge >= 0.3 is 6.03 Å². The summed E-state index contributed by atoms with van der Waals surface area (Å²) >= 11 is 0. The number of aliphatic hydroxyl groups excluding tert-OH is 1. The van der Waals surface area contributed by atoms with E-state index in [0.29, 0.717) is 49.8 Å². The average molecular weight is 438 g/mol. The molecule has 4 rings (SSSR count). The summed E-state index contributed by atoms with van der Waals surface area (Å²) in [5.41, 5.74) is 3.39. The van der Waals surface area contributed by atoms with Crippen molar-refractivity contribution in [2.45, 2.75) is 45.3 Å². The van der Waals surface area contributed by atoms with Gasteiger partial charge in [-0.05, 0) is 54.7 Å². The summed E-state index contributed by atoms with van der Waals surface area (Å²) < 4.78 is 6.11. The van der Waals surface area contributed by atoms with Crippen molar-refractivity contribution in [2.75, 3.05) is 31.1 Å². The number of rotatable bonds is 5. The molecule has 2 aromatic carbocycles. The number of aliphatic hydroxyl groups is 1. The van der Waals surface area contributed by atoms with Gasteiger partial charge in [-0.3, -0.25) is 9.69 Å². The first-order chi connectivity index (χ1) is 15.3. The van der Waals surface area contributed by atoms with Crippen molar-refractivity contribution >= 4 is 17.6 Å². The Morgan fingerprint density at radius 1 is 1.19 bits per heavy atom. The molecule has 2 atom stereocenters. The van der Waals surface area contributed by atoms with E-state index in [1.807, 2.05) is 31.2 Å². The molecule has 7 heteroatoms. The lowest BCUT2D eigenvalue weighted by Crippen LogP contribution is -2.51.